The molecule has 1 aromatic rings. The van der Waals surface area contributed by atoms with Gasteiger partial charge in [-0.15, -0.1) is 0 Å². The lowest BCUT2D eigenvalue weighted by molar-refractivity contribution is -0.276. The molecule has 6 rings (SSSR count). The molecular formula is C39H56O5. The minimum Gasteiger partial charge on any atom is -0.508 e. The highest BCUT2D eigenvalue weighted by Gasteiger charge is 2.72. The molecule has 3 N–H and O–H groups in total. The fraction of sp³-hybridized carbons (Fsp3) is 0.718. The van der Waals surface area contributed by atoms with Gasteiger partial charge in [0.2, 0.25) is 0 Å². The van der Waals surface area contributed by atoms with Crippen molar-refractivity contribution in [3.05, 3.63) is 48.1 Å². The Morgan fingerprint density at radius 3 is 2.32 bits per heavy atom. The summed E-state index contributed by atoms with van der Waals surface area (Å²) >= 11 is 0. The van der Waals surface area contributed by atoms with Crippen molar-refractivity contribution >= 4 is 12.0 Å². The Hall–Kier alpha value is -2.11. The van der Waals surface area contributed by atoms with Gasteiger partial charge >= 0.3 is 5.97 Å². The molecule has 5 heteroatoms. The van der Waals surface area contributed by atoms with Crippen molar-refractivity contribution in [3.8, 4) is 5.75 Å². The molecule has 44 heavy (non-hydrogen) atoms. The van der Waals surface area contributed by atoms with E-state index in [1.54, 1.807) is 30.3 Å². The van der Waals surface area contributed by atoms with Crippen LogP contribution in [-0.4, -0.2) is 40.1 Å². The summed E-state index contributed by atoms with van der Waals surface area (Å²) in [5, 5.41) is 32.4. The van der Waals surface area contributed by atoms with Gasteiger partial charge in [-0.1, -0.05) is 58.9 Å². The van der Waals surface area contributed by atoms with E-state index in [-0.39, 0.29) is 50.8 Å². The molecule has 0 heterocycles. The van der Waals surface area contributed by atoms with Gasteiger partial charge in [0.1, 0.15) is 11.9 Å². The van der Waals surface area contributed by atoms with Crippen molar-refractivity contribution in [3.63, 3.8) is 0 Å². The number of ether oxygens (including phenoxy) is 1. The number of fused-ring (bicyclic) bond motifs is 7. The molecule has 0 amide bonds. The predicted octanol–water partition coefficient (Wildman–Crippen LogP) is 7.94. The highest BCUT2D eigenvalue weighted by Crippen LogP contribution is 2.77. The van der Waals surface area contributed by atoms with Crippen LogP contribution in [0.3, 0.4) is 0 Å². The Labute approximate surface area is 265 Å². The molecule has 1 aromatic carbocycles. The first kappa shape index (κ1) is 31.9. The molecule has 0 aliphatic heterocycles. The number of carbonyl (C=O) groups is 1. The lowest BCUT2D eigenvalue weighted by atomic mass is 9.32. The van der Waals surface area contributed by atoms with Crippen LogP contribution in [-0.2, 0) is 9.53 Å². The standard InChI is InChI=1S/C39H56O5/c1-24(2)27-16-19-39(23-40)21-20-36(5)28(34(27)39)13-14-30-37(36,6)18-17-29-35(3,4)32(22-31(42)38(29,30)7)44-33(43)15-10-25-8-11-26(41)12-9-25/h8-12,15,27-32,34,40-42H,1,13-14,16-23H2,2-7H3/b15-10+/t27-,28+,29-,30-,31+,32-,34+,36+,37+,38-,39+/m0/s1. The zero-order valence-electron chi connectivity index (χ0n) is 27.9. The summed E-state index contributed by atoms with van der Waals surface area (Å²) < 4.78 is 6.12. The molecular weight excluding hydrogens is 548 g/mol. The van der Waals surface area contributed by atoms with Gasteiger partial charge in [0.05, 0.1) is 6.10 Å². The number of aliphatic hydroxyl groups excluding tert-OH is 2. The first-order valence-electron chi connectivity index (χ1n) is 17.3. The monoisotopic (exact) mass is 604 g/mol. The largest absolute Gasteiger partial charge is 0.508 e. The van der Waals surface area contributed by atoms with Crippen LogP contribution in [0, 0.1) is 56.7 Å². The van der Waals surface area contributed by atoms with Gasteiger partial charge in [0.15, 0.2) is 0 Å². The first-order valence-corrected chi connectivity index (χ1v) is 17.3. The van der Waals surface area contributed by atoms with Crippen LogP contribution in [0.15, 0.2) is 42.5 Å². The van der Waals surface area contributed by atoms with Crippen LogP contribution in [0.4, 0.5) is 0 Å². The van der Waals surface area contributed by atoms with E-state index in [9.17, 15) is 20.1 Å². The van der Waals surface area contributed by atoms with E-state index in [2.05, 4.69) is 48.1 Å². The Bertz CT molecular complexity index is 1310. The van der Waals surface area contributed by atoms with Gasteiger partial charge in [0.25, 0.3) is 0 Å². The zero-order valence-corrected chi connectivity index (χ0v) is 27.9. The lowest BCUT2D eigenvalue weighted by Gasteiger charge is -2.73. The maximum atomic E-state index is 13.0. The molecule has 11 atom stereocenters. The minimum absolute atomic E-state index is 0.0399. The van der Waals surface area contributed by atoms with Crippen LogP contribution in [0.25, 0.3) is 6.08 Å². The Balaban J connectivity index is 1.26. The third kappa shape index (κ3) is 4.42. The molecule has 5 saturated carbocycles. The normalized spacial score (nSPS) is 46.0. The molecule has 5 fully saturated rings. The third-order valence-electron chi connectivity index (χ3n) is 15.2. The number of aliphatic hydroxyl groups is 2. The summed E-state index contributed by atoms with van der Waals surface area (Å²) in [6.45, 7) is 19.0. The number of phenolic OH excluding ortho intramolecular Hbond substituents is 1. The molecule has 0 saturated heterocycles. The van der Waals surface area contributed by atoms with Gasteiger partial charge in [0, 0.05) is 29.9 Å². The van der Waals surface area contributed by atoms with Gasteiger partial charge < -0.3 is 20.1 Å². The average Bonchev–Trinajstić information content (AvgIpc) is 3.37. The van der Waals surface area contributed by atoms with Gasteiger partial charge in [-0.25, -0.2) is 4.79 Å². The predicted molar refractivity (Wildman–Crippen MR) is 174 cm³/mol. The Kier molecular flexibility index (Phi) is 7.76. The second-order valence-corrected chi connectivity index (χ2v) is 17.0. The lowest BCUT2D eigenvalue weighted by Crippen LogP contribution is -2.70. The minimum atomic E-state index is -0.543. The van der Waals surface area contributed by atoms with Crippen LogP contribution in [0.1, 0.15) is 105 Å². The number of hydrogen-bond donors (Lipinski definition) is 3. The molecule has 242 valence electrons. The molecule has 0 spiro atoms. The average molecular weight is 605 g/mol. The maximum Gasteiger partial charge on any atom is 0.331 e. The number of phenols is 1. The van der Waals surface area contributed by atoms with E-state index in [0.29, 0.717) is 36.7 Å². The molecule has 5 aliphatic carbocycles. The van der Waals surface area contributed by atoms with E-state index in [4.69, 9.17) is 4.74 Å². The third-order valence-corrected chi connectivity index (χ3v) is 15.2. The second-order valence-electron chi connectivity index (χ2n) is 17.0. The summed E-state index contributed by atoms with van der Waals surface area (Å²) in [7, 11) is 0. The Morgan fingerprint density at radius 2 is 1.66 bits per heavy atom. The fourth-order valence-corrected chi connectivity index (χ4v) is 12.6. The number of hydrogen-bond acceptors (Lipinski definition) is 5. The van der Waals surface area contributed by atoms with Crippen molar-refractivity contribution in [2.24, 2.45) is 56.7 Å². The van der Waals surface area contributed by atoms with Crippen molar-refractivity contribution in [2.75, 3.05) is 6.61 Å². The smallest absolute Gasteiger partial charge is 0.331 e. The van der Waals surface area contributed by atoms with Crippen molar-refractivity contribution in [1.29, 1.82) is 0 Å². The summed E-state index contributed by atoms with van der Waals surface area (Å²) in [5.74, 6) is 1.99. The van der Waals surface area contributed by atoms with E-state index >= 15 is 0 Å². The van der Waals surface area contributed by atoms with Crippen molar-refractivity contribution in [2.45, 2.75) is 112 Å². The topological polar surface area (TPSA) is 87.0 Å². The zero-order chi connectivity index (χ0) is 31.9. The highest BCUT2D eigenvalue weighted by atomic mass is 16.5. The molecule has 0 unspecified atom stereocenters. The van der Waals surface area contributed by atoms with Crippen LogP contribution in [0.5, 0.6) is 5.75 Å². The van der Waals surface area contributed by atoms with E-state index in [0.717, 1.165) is 56.9 Å². The number of rotatable bonds is 5. The fourth-order valence-electron chi connectivity index (χ4n) is 12.6. The second kappa shape index (κ2) is 10.7. The highest BCUT2D eigenvalue weighted by molar-refractivity contribution is 5.87. The molecule has 5 aliphatic rings. The van der Waals surface area contributed by atoms with Gasteiger partial charge in [-0.3, -0.25) is 0 Å². The van der Waals surface area contributed by atoms with E-state index in [1.807, 2.05) is 0 Å². The molecule has 0 bridgehead atoms. The van der Waals surface area contributed by atoms with E-state index < -0.39 is 6.10 Å². The number of aromatic hydroxyl groups is 1. The first-order chi connectivity index (χ1) is 20.6. The van der Waals surface area contributed by atoms with E-state index in [1.165, 1.54) is 11.6 Å². The van der Waals surface area contributed by atoms with Crippen LogP contribution in [0.2, 0.25) is 0 Å². The quantitative estimate of drug-likeness (QED) is 0.180. The van der Waals surface area contributed by atoms with Crippen molar-refractivity contribution < 1.29 is 24.9 Å². The van der Waals surface area contributed by atoms with Gasteiger partial charge in [-0.2, -0.15) is 0 Å². The summed E-state index contributed by atoms with van der Waals surface area (Å²) in [6.07, 6.45) is 11.7. The molecule has 0 radical (unpaired) electrons. The molecule has 5 nitrogen and oxygen atoms in total. The van der Waals surface area contributed by atoms with Crippen LogP contribution >= 0.6 is 0 Å². The Morgan fingerprint density at radius 1 is 0.955 bits per heavy atom. The summed E-state index contributed by atoms with van der Waals surface area (Å²) in [5.41, 5.74) is 1.86. The summed E-state index contributed by atoms with van der Waals surface area (Å²) in [6, 6.07) is 6.71. The van der Waals surface area contributed by atoms with Crippen molar-refractivity contribution in [1.82, 2.24) is 0 Å². The number of esters is 1. The maximum absolute atomic E-state index is 13.0. The van der Waals surface area contributed by atoms with Crippen LogP contribution < -0.4 is 0 Å². The molecule has 0 aromatic heterocycles. The number of allylic oxidation sites excluding steroid dienone is 1. The SMILES string of the molecule is C=C(C)[C@@H]1CC[C@]2(CO)CC[C@]3(C)[C@H](CC[C@@H]4[C@@]5(C)[C@H](O)C[C@H](OC(=O)/C=C/c6ccc(O)cc6)C(C)(C)[C@@H]5CC[C@]43C)[C@@H]12. The summed E-state index contributed by atoms with van der Waals surface area (Å²) in [4.78, 5) is 13.0. The number of benzene rings is 1. The number of carbonyl (C=O) groups excluding carboxylic acids is 1. The van der Waals surface area contributed by atoms with Gasteiger partial charge in [-0.05, 0) is 128 Å².